The number of hydrogen-bond donors (Lipinski definition) is 2. The van der Waals surface area contributed by atoms with E-state index in [4.69, 9.17) is 10.6 Å². The van der Waals surface area contributed by atoms with Gasteiger partial charge in [-0.15, -0.1) is 5.92 Å². The van der Waals surface area contributed by atoms with Gasteiger partial charge in [-0.25, -0.2) is 0 Å². The van der Waals surface area contributed by atoms with E-state index in [2.05, 4.69) is 50.2 Å². The Kier molecular flexibility index (Phi) is 4.14. The lowest BCUT2D eigenvalue weighted by molar-refractivity contribution is 0.356. The van der Waals surface area contributed by atoms with Crippen molar-refractivity contribution in [2.24, 2.45) is 11.3 Å². The van der Waals surface area contributed by atoms with Crippen molar-refractivity contribution >= 4 is 0 Å². The average molecular weight is 258 g/mol. The first-order chi connectivity index (χ1) is 8.99. The van der Waals surface area contributed by atoms with Gasteiger partial charge in [0, 0.05) is 18.3 Å². The van der Waals surface area contributed by atoms with E-state index in [0.29, 0.717) is 6.42 Å². The van der Waals surface area contributed by atoms with Gasteiger partial charge >= 0.3 is 0 Å². The minimum absolute atomic E-state index is 0.0327. The van der Waals surface area contributed by atoms with Crippen molar-refractivity contribution in [3.63, 3.8) is 0 Å². The third-order valence-electron chi connectivity index (χ3n) is 3.09. The van der Waals surface area contributed by atoms with Crippen LogP contribution in [0.5, 0.6) is 5.75 Å². The van der Waals surface area contributed by atoms with Crippen LogP contribution < -0.4 is 16.0 Å². The summed E-state index contributed by atoms with van der Waals surface area (Å²) in [5.41, 5.74) is 5.33. The first-order valence-electron chi connectivity index (χ1n) is 6.71. The van der Waals surface area contributed by atoms with Crippen LogP contribution in [0.25, 0.3) is 0 Å². The third-order valence-corrected chi connectivity index (χ3v) is 3.09. The largest absolute Gasteiger partial charge is 0.493 e. The van der Waals surface area contributed by atoms with Gasteiger partial charge in [-0.3, -0.25) is 11.3 Å². The molecule has 2 rings (SSSR count). The van der Waals surface area contributed by atoms with Crippen molar-refractivity contribution in [3.05, 3.63) is 29.3 Å². The van der Waals surface area contributed by atoms with Crippen molar-refractivity contribution in [2.45, 2.75) is 39.7 Å². The molecule has 0 aliphatic carbocycles. The van der Waals surface area contributed by atoms with Gasteiger partial charge in [0.05, 0.1) is 12.6 Å². The Labute approximate surface area is 115 Å². The van der Waals surface area contributed by atoms with Crippen LogP contribution in [-0.4, -0.2) is 6.61 Å². The molecule has 0 saturated carbocycles. The van der Waals surface area contributed by atoms with Crippen LogP contribution in [0.3, 0.4) is 0 Å². The SMILES string of the molecule is CC(C)(C)C#CCC(NN)c1ccc2c(c1)CCO2. The lowest BCUT2D eigenvalue weighted by Crippen LogP contribution is -2.27. The van der Waals surface area contributed by atoms with Crippen LogP contribution in [0.4, 0.5) is 0 Å². The first-order valence-corrected chi connectivity index (χ1v) is 6.71. The quantitative estimate of drug-likeness (QED) is 0.497. The number of hydrogen-bond acceptors (Lipinski definition) is 3. The van der Waals surface area contributed by atoms with Crippen LogP contribution in [0.1, 0.15) is 44.4 Å². The van der Waals surface area contributed by atoms with E-state index in [9.17, 15) is 0 Å². The topological polar surface area (TPSA) is 47.3 Å². The summed E-state index contributed by atoms with van der Waals surface area (Å²) < 4.78 is 5.51. The molecule has 0 fully saturated rings. The molecule has 1 aliphatic rings. The van der Waals surface area contributed by atoms with E-state index < -0.39 is 0 Å². The second-order valence-electron chi connectivity index (χ2n) is 5.94. The number of benzene rings is 1. The normalized spacial score (nSPS) is 15.2. The molecule has 1 aliphatic heterocycles. The van der Waals surface area contributed by atoms with Crippen LogP contribution in [0, 0.1) is 17.3 Å². The summed E-state index contributed by atoms with van der Waals surface area (Å²) in [5, 5.41) is 0. The molecule has 1 atom stereocenters. The predicted octanol–water partition coefficient (Wildman–Crippen LogP) is 2.57. The molecule has 1 aromatic rings. The minimum Gasteiger partial charge on any atom is -0.493 e. The molecule has 1 aromatic carbocycles. The molecule has 3 heteroatoms. The molecule has 0 radical (unpaired) electrons. The lowest BCUT2D eigenvalue weighted by atomic mass is 9.96. The van der Waals surface area contributed by atoms with E-state index in [1.54, 1.807) is 0 Å². The van der Waals surface area contributed by atoms with Crippen molar-refractivity contribution in [3.8, 4) is 17.6 Å². The van der Waals surface area contributed by atoms with E-state index >= 15 is 0 Å². The summed E-state index contributed by atoms with van der Waals surface area (Å²) >= 11 is 0. The molecule has 1 unspecified atom stereocenters. The molecule has 102 valence electrons. The maximum absolute atomic E-state index is 5.65. The van der Waals surface area contributed by atoms with Gasteiger partial charge in [0.1, 0.15) is 5.75 Å². The van der Waals surface area contributed by atoms with E-state index in [-0.39, 0.29) is 11.5 Å². The Morgan fingerprint density at radius 2 is 2.21 bits per heavy atom. The summed E-state index contributed by atoms with van der Waals surface area (Å²) in [6.45, 7) is 7.11. The fraction of sp³-hybridized carbons (Fsp3) is 0.500. The number of fused-ring (bicyclic) bond motifs is 1. The van der Waals surface area contributed by atoms with Gasteiger partial charge in [0.25, 0.3) is 0 Å². The number of rotatable bonds is 3. The molecule has 0 aromatic heterocycles. The predicted molar refractivity (Wildman–Crippen MR) is 77.6 cm³/mol. The fourth-order valence-corrected chi connectivity index (χ4v) is 2.11. The smallest absolute Gasteiger partial charge is 0.122 e. The van der Waals surface area contributed by atoms with E-state index in [0.717, 1.165) is 18.8 Å². The molecule has 1 heterocycles. The highest BCUT2D eigenvalue weighted by Gasteiger charge is 2.15. The van der Waals surface area contributed by atoms with Crippen molar-refractivity contribution < 1.29 is 4.74 Å². The van der Waals surface area contributed by atoms with Crippen LogP contribution in [0.2, 0.25) is 0 Å². The van der Waals surface area contributed by atoms with Crippen molar-refractivity contribution in [2.75, 3.05) is 6.61 Å². The van der Waals surface area contributed by atoms with Gasteiger partial charge in [-0.1, -0.05) is 18.1 Å². The zero-order valence-electron chi connectivity index (χ0n) is 11.9. The van der Waals surface area contributed by atoms with Gasteiger partial charge in [0.15, 0.2) is 0 Å². The number of hydrazine groups is 1. The molecular weight excluding hydrogens is 236 g/mol. The second-order valence-corrected chi connectivity index (χ2v) is 5.94. The summed E-state index contributed by atoms with van der Waals surface area (Å²) in [6, 6.07) is 6.33. The second kappa shape index (κ2) is 5.64. The minimum atomic E-state index is 0.0327. The van der Waals surface area contributed by atoms with E-state index in [1.807, 2.05) is 6.07 Å². The first kappa shape index (κ1) is 13.9. The highest BCUT2D eigenvalue weighted by Crippen LogP contribution is 2.28. The van der Waals surface area contributed by atoms with Gasteiger partial charge in [-0.2, -0.15) is 0 Å². The molecule has 3 N–H and O–H groups in total. The highest BCUT2D eigenvalue weighted by molar-refractivity contribution is 5.41. The molecule has 3 nitrogen and oxygen atoms in total. The summed E-state index contributed by atoms with van der Waals surface area (Å²) in [7, 11) is 0. The van der Waals surface area contributed by atoms with Crippen molar-refractivity contribution in [1.29, 1.82) is 0 Å². The highest BCUT2D eigenvalue weighted by atomic mass is 16.5. The van der Waals surface area contributed by atoms with Gasteiger partial charge in [-0.05, 0) is 38.0 Å². The van der Waals surface area contributed by atoms with Crippen molar-refractivity contribution in [1.82, 2.24) is 5.43 Å². The maximum atomic E-state index is 5.65. The van der Waals surface area contributed by atoms with Crippen LogP contribution in [-0.2, 0) is 6.42 Å². The Morgan fingerprint density at radius 3 is 2.89 bits per heavy atom. The van der Waals surface area contributed by atoms with Crippen LogP contribution in [0.15, 0.2) is 18.2 Å². The number of nitrogens with two attached hydrogens (primary N) is 1. The summed E-state index contributed by atoms with van der Waals surface area (Å²) in [6.07, 6.45) is 1.70. The Balaban J connectivity index is 2.11. The van der Waals surface area contributed by atoms with E-state index in [1.165, 1.54) is 11.1 Å². The Morgan fingerprint density at radius 1 is 1.42 bits per heavy atom. The number of nitrogens with one attached hydrogen (secondary N) is 1. The summed E-state index contributed by atoms with van der Waals surface area (Å²) in [5.74, 6) is 13.1. The zero-order valence-corrected chi connectivity index (χ0v) is 11.9. The monoisotopic (exact) mass is 258 g/mol. The molecule has 19 heavy (non-hydrogen) atoms. The molecule has 0 amide bonds. The van der Waals surface area contributed by atoms with Gasteiger partial charge < -0.3 is 4.74 Å². The Hall–Kier alpha value is -1.50. The molecule has 0 saturated heterocycles. The molecular formula is C16H22N2O. The lowest BCUT2D eigenvalue weighted by Gasteiger charge is -2.15. The standard InChI is InChI=1S/C16H22N2O/c1-16(2,3)9-4-5-14(18-17)12-6-7-15-13(11-12)8-10-19-15/h6-7,11,14,18H,5,8,10,17H2,1-3H3. The Bertz CT molecular complexity index is 506. The third kappa shape index (κ3) is 3.73. The number of ether oxygens (including phenoxy) is 1. The zero-order chi connectivity index (χ0) is 13.9. The summed E-state index contributed by atoms with van der Waals surface area (Å²) in [4.78, 5) is 0. The van der Waals surface area contributed by atoms with Gasteiger partial charge in [0.2, 0.25) is 0 Å². The fourth-order valence-electron chi connectivity index (χ4n) is 2.11. The average Bonchev–Trinajstić information content (AvgIpc) is 2.80. The van der Waals surface area contributed by atoms with Crippen LogP contribution >= 0.6 is 0 Å². The maximum Gasteiger partial charge on any atom is 0.122 e. The molecule has 0 spiro atoms. The molecule has 0 bridgehead atoms.